The summed E-state index contributed by atoms with van der Waals surface area (Å²) >= 11 is 9.82. The number of halogens is 2. The van der Waals surface area contributed by atoms with E-state index in [4.69, 9.17) is 21.8 Å². The molecule has 9 heteroatoms. The lowest BCUT2D eigenvalue weighted by atomic mass is 10.1. The van der Waals surface area contributed by atoms with E-state index in [1.165, 1.54) is 0 Å². The highest BCUT2D eigenvalue weighted by atomic mass is 79.9. The third-order valence-electron chi connectivity index (χ3n) is 4.22. The second-order valence-corrected chi connectivity index (χ2v) is 7.14. The molecular formula is C17H9BrClN5O2. The van der Waals surface area contributed by atoms with Crippen molar-refractivity contribution in [1.29, 1.82) is 0 Å². The van der Waals surface area contributed by atoms with Gasteiger partial charge in [0.2, 0.25) is 5.58 Å². The van der Waals surface area contributed by atoms with E-state index in [0.29, 0.717) is 44.2 Å². The molecule has 3 aromatic heterocycles. The van der Waals surface area contributed by atoms with E-state index in [0.717, 1.165) is 9.86 Å². The van der Waals surface area contributed by atoms with Crippen LogP contribution in [0.2, 0.25) is 5.02 Å². The van der Waals surface area contributed by atoms with Crippen molar-refractivity contribution in [2.75, 3.05) is 5.73 Å². The third-order valence-corrected chi connectivity index (χ3v) is 5.03. The summed E-state index contributed by atoms with van der Waals surface area (Å²) in [7, 11) is 0. The monoisotopic (exact) mass is 429 g/mol. The minimum absolute atomic E-state index is 0.171. The molecule has 0 aliphatic heterocycles. The summed E-state index contributed by atoms with van der Waals surface area (Å²) in [5.41, 5.74) is 7.91. The molecule has 2 aromatic carbocycles. The van der Waals surface area contributed by atoms with Crippen LogP contribution in [0.15, 0.2) is 44.0 Å². The van der Waals surface area contributed by atoms with Crippen LogP contribution < -0.4 is 11.3 Å². The number of hydrogen-bond acceptors (Lipinski definition) is 5. The number of H-pyrrole nitrogens is 2. The minimum Gasteiger partial charge on any atom is -0.449 e. The average molecular weight is 431 g/mol. The van der Waals surface area contributed by atoms with Crippen molar-refractivity contribution < 1.29 is 4.42 Å². The van der Waals surface area contributed by atoms with Gasteiger partial charge in [-0.15, -0.1) is 0 Å². The summed E-state index contributed by atoms with van der Waals surface area (Å²) in [4.78, 5) is 19.8. The van der Waals surface area contributed by atoms with Crippen molar-refractivity contribution >= 4 is 66.3 Å². The van der Waals surface area contributed by atoms with Crippen LogP contribution in [0.3, 0.4) is 0 Å². The highest BCUT2D eigenvalue weighted by molar-refractivity contribution is 9.10. The number of rotatable bonds is 1. The normalized spacial score (nSPS) is 11.8. The van der Waals surface area contributed by atoms with Gasteiger partial charge in [0.05, 0.1) is 10.5 Å². The molecule has 5 aromatic rings. The minimum atomic E-state index is -0.377. The van der Waals surface area contributed by atoms with E-state index < -0.39 is 0 Å². The van der Waals surface area contributed by atoms with E-state index in [1.54, 1.807) is 18.2 Å². The summed E-state index contributed by atoms with van der Waals surface area (Å²) in [6, 6.07) is 8.93. The molecule has 0 amide bonds. The van der Waals surface area contributed by atoms with Crippen molar-refractivity contribution in [2.45, 2.75) is 0 Å². The fourth-order valence-electron chi connectivity index (χ4n) is 2.99. The average Bonchev–Trinajstić information content (AvgIpc) is 3.15. The number of nitrogen functional groups attached to an aromatic ring is 1. The molecule has 0 atom stereocenters. The fourth-order valence-corrected chi connectivity index (χ4v) is 3.61. The number of nitrogens with two attached hydrogens (primary N) is 1. The molecule has 4 N–H and O–H groups in total. The molecule has 0 radical (unpaired) electrons. The van der Waals surface area contributed by atoms with Crippen LogP contribution in [0.1, 0.15) is 0 Å². The van der Waals surface area contributed by atoms with E-state index in [-0.39, 0.29) is 11.1 Å². The largest absolute Gasteiger partial charge is 0.449 e. The smallest absolute Gasteiger partial charge is 0.294 e. The number of fused-ring (bicyclic) bond motifs is 4. The molecule has 0 aliphatic rings. The Morgan fingerprint density at radius 2 is 2.04 bits per heavy atom. The Bertz CT molecular complexity index is 1400. The molecule has 0 aliphatic carbocycles. The quantitative estimate of drug-likeness (QED) is 0.368. The number of nitrogens with zero attached hydrogens (tertiary/aromatic N) is 2. The van der Waals surface area contributed by atoms with Crippen LogP contribution in [0, 0.1) is 0 Å². The SMILES string of the molecule is Nc1n[nH]c2cc(-c3nc4c(oc5ccc(Br)cc54)c(=O)[nH]3)c(Cl)cc12. The zero-order chi connectivity index (χ0) is 18.0. The van der Waals surface area contributed by atoms with Crippen LogP contribution in [-0.4, -0.2) is 20.2 Å². The van der Waals surface area contributed by atoms with E-state index in [1.807, 2.05) is 12.1 Å². The third kappa shape index (κ3) is 2.16. The maximum absolute atomic E-state index is 12.5. The van der Waals surface area contributed by atoms with Gasteiger partial charge in [-0.1, -0.05) is 27.5 Å². The summed E-state index contributed by atoms with van der Waals surface area (Å²) in [6.45, 7) is 0. The van der Waals surface area contributed by atoms with Gasteiger partial charge in [0, 0.05) is 20.8 Å². The Balaban J connectivity index is 1.84. The molecule has 128 valence electrons. The van der Waals surface area contributed by atoms with Crippen molar-refractivity contribution in [1.82, 2.24) is 20.2 Å². The van der Waals surface area contributed by atoms with Crippen LogP contribution in [-0.2, 0) is 0 Å². The Kier molecular flexibility index (Phi) is 3.16. The predicted octanol–water partition coefficient (Wildman–Crippen LogP) is 4.21. The second-order valence-electron chi connectivity index (χ2n) is 5.82. The van der Waals surface area contributed by atoms with Gasteiger partial charge in [0.1, 0.15) is 16.9 Å². The van der Waals surface area contributed by atoms with Gasteiger partial charge in [-0.2, -0.15) is 5.10 Å². The van der Waals surface area contributed by atoms with Crippen LogP contribution in [0.5, 0.6) is 0 Å². The Morgan fingerprint density at radius 1 is 1.19 bits per heavy atom. The first-order valence-corrected chi connectivity index (χ1v) is 8.74. The highest BCUT2D eigenvalue weighted by Crippen LogP contribution is 2.33. The van der Waals surface area contributed by atoms with Gasteiger partial charge >= 0.3 is 0 Å². The lowest BCUT2D eigenvalue weighted by molar-refractivity contribution is 0.661. The maximum atomic E-state index is 12.5. The molecule has 3 heterocycles. The number of anilines is 1. The molecule has 5 rings (SSSR count). The van der Waals surface area contributed by atoms with Gasteiger partial charge in [0.15, 0.2) is 5.82 Å². The molecule has 0 saturated carbocycles. The highest BCUT2D eigenvalue weighted by Gasteiger charge is 2.17. The van der Waals surface area contributed by atoms with Crippen molar-refractivity contribution in [3.63, 3.8) is 0 Å². The zero-order valence-electron chi connectivity index (χ0n) is 12.9. The number of nitrogens with one attached hydrogen (secondary N) is 2. The topological polar surface area (TPSA) is 114 Å². The summed E-state index contributed by atoms with van der Waals surface area (Å²) < 4.78 is 6.50. The van der Waals surface area contributed by atoms with E-state index in [2.05, 4.69) is 36.1 Å². The zero-order valence-corrected chi connectivity index (χ0v) is 15.3. The first-order chi connectivity index (χ1) is 12.5. The fraction of sp³-hybridized carbons (Fsp3) is 0. The lowest BCUT2D eigenvalue weighted by Crippen LogP contribution is -2.08. The molecule has 0 saturated heterocycles. The molecule has 0 unspecified atom stereocenters. The number of benzene rings is 2. The van der Waals surface area contributed by atoms with Crippen LogP contribution >= 0.6 is 27.5 Å². The first kappa shape index (κ1) is 15.4. The number of aromatic amines is 2. The van der Waals surface area contributed by atoms with Crippen LogP contribution in [0.25, 0.3) is 44.4 Å². The van der Waals surface area contributed by atoms with Gasteiger partial charge < -0.3 is 15.1 Å². The first-order valence-electron chi connectivity index (χ1n) is 7.57. The van der Waals surface area contributed by atoms with Gasteiger partial charge in [0.25, 0.3) is 5.56 Å². The predicted molar refractivity (Wildman–Crippen MR) is 104 cm³/mol. The lowest BCUT2D eigenvalue weighted by Gasteiger charge is -2.04. The van der Waals surface area contributed by atoms with Crippen molar-refractivity contribution in [3.8, 4) is 11.4 Å². The molecule has 0 bridgehead atoms. The van der Waals surface area contributed by atoms with E-state index >= 15 is 0 Å². The van der Waals surface area contributed by atoms with Gasteiger partial charge in [-0.25, -0.2) is 4.98 Å². The summed E-state index contributed by atoms with van der Waals surface area (Å²) in [5, 5.41) is 8.65. The number of furan rings is 1. The summed E-state index contributed by atoms with van der Waals surface area (Å²) in [5.74, 6) is 0.696. The Labute approximate surface area is 158 Å². The van der Waals surface area contributed by atoms with Gasteiger partial charge in [-0.05, 0) is 30.3 Å². The van der Waals surface area contributed by atoms with E-state index in [9.17, 15) is 4.79 Å². The van der Waals surface area contributed by atoms with Gasteiger partial charge in [-0.3, -0.25) is 9.89 Å². The van der Waals surface area contributed by atoms with Crippen LogP contribution in [0.4, 0.5) is 5.82 Å². The van der Waals surface area contributed by atoms with Crippen molar-refractivity contribution in [3.05, 3.63) is 50.2 Å². The second kappa shape index (κ2) is 5.33. The molecule has 26 heavy (non-hydrogen) atoms. The van der Waals surface area contributed by atoms with Crippen molar-refractivity contribution in [2.24, 2.45) is 0 Å². The maximum Gasteiger partial charge on any atom is 0.294 e. The molecule has 7 nitrogen and oxygen atoms in total. The molecular weight excluding hydrogens is 422 g/mol. The summed E-state index contributed by atoms with van der Waals surface area (Å²) in [6.07, 6.45) is 0. The number of hydrogen-bond donors (Lipinski definition) is 3. The Hall–Kier alpha value is -2.84. The molecule has 0 spiro atoms. The number of aromatic nitrogens is 4. The standard InChI is InChI=1S/C17H9BrClN5O2/c18-6-1-2-12-9(3-6)13-14(26-12)17(25)22-16(21-13)7-5-11-8(4-10(7)19)15(20)24-23-11/h1-5H,(H3,20,23,24)(H,21,22,25). The Morgan fingerprint density at radius 3 is 2.88 bits per heavy atom. The molecule has 0 fully saturated rings.